The van der Waals surface area contributed by atoms with E-state index in [1.165, 1.54) is 7.11 Å². The van der Waals surface area contributed by atoms with Crippen LogP contribution in [0.15, 0.2) is 0 Å². The van der Waals surface area contributed by atoms with E-state index in [9.17, 15) is 4.79 Å². The molecule has 1 aliphatic heterocycles. The molecule has 1 saturated heterocycles. The Kier molecular flexibility index (Phi) is 4.54. The van der Waals surface area contributed by atoms with Gasteiger partial charge in [0.25, 0.3) is 0 Å². The minimum absolute atomic E-state index is 0.130. The Morgan fingerprint density at radius 3 is 2.67 bits per heavy atom. The minimum Gasteiger partial charge on any atom is -0.469 e. The molecule has 4 heteroatoms. The van der Waals surface area contributed by atoms with E-state index in [0.29, 0.717) is 12.3 Å². The lowest BCUT2D eigenvalue weighted by Crippen LogP contribution is -2.40. The van der Waals surface area contributed by atoms with Crippen LogP contribution in [0, 0.1) is 5.92 Å². The number of nitrogens with two attached hydrogens (primary N) is 1. The number of hydrogen-bond donors (Lipinski definition) is 1. The van der Waals surface area contributed by atoms with Crippen LogP contribution in [0.5, 0.6) is 0 Å². The molecule has 0 spiro atoms. The van der Waals surface area contributed by atoms with E-state index in [0.717, 1.165) is 19.5 Å². The molecule has 0 aromatic heterocycles. The van der Waals surface area contributed by atoms with E-state index in [-0.39, 0.29) is 18.1 Å². The first-order chi connectivity index (χ1) is 7.04. The van der Waals surface area contributed by atoms with Crippen molar-refractivity contribution >= 4 is 5.97 Å². The third kappa shape index (κ3) is 3.47. The number of hydrogen-bond acceptors (Lipinski definition) is 4. The maximum atomic E-state index is 11.3. The van der Waals surface area contributed by atoms with Crippen LogP contribution in [0.25, 0.3) is 0 Å². The predicted molar refractivity (Wildman–Crippen MR) is 59.4 cm³/mol. The van der Waals surface area contributed by atoms with Crippen molar-refractivity contribution in [2.24, 2.45) is 11.7 Å². The summed E-state index contributed by atoms with van der Waals surface area (Å²) in [5, 5.41) is 0. The molecule has 1 aliphatic rings. The van der Waals surface area contributed by atoms with Crippen molar-refractivity contribution in [1.29, 1.82) is 0 Å². The van der Waals surface area contributed by atoms with Crippen molar-refractivity contribution in [2.45, 2.75) is 38.8 Å². The number of methoxy groups -OCH3 is 1. The molecule has 15 heavy (non-hydrogen) atoms. The number of carbonyl (C=O) groups is 1. The summed E-state index contributed by atoms with van der Waals surface area (Å²) in [5.41, 5.74) is 5.87. The normalized spacial score (nSPS) is 24.5. The van der Waals surface area contributed by atoms with Crippen LogP contribution in [0.2, 0.25) is 0 Å². The van der Waals surface area contributed by atoms with E-state index < -0.39 is 0 Å². The Balaban J connectivity index is 2.54. The van der Waals surface area contributed by atoms with Gasteiger partial charge in [0, 0.05) is 25.2 Å². The van der Waals surface area contributed by atoms with E-state index in [2.05, 4.69) is 18.7 Å². The van der Waals surface area contributed by atoms with Crippen molar-refractivity contribution in [3.63, 3.8) is 0 Å². The van der Waals surface area contributed by atoms with Crippen LogP contribution in [0.4, 0.5) is 0 Å². The minimum atomic E-state index is -0.130. The van der Waals surface area contributed by atoms with Crippen molar-refractivity contribution in [2.75, 3.05) is 20.2 Å². The average molecular weight is 214 g/mol. The molecule has 1 rings (SSSR count). The number of carbonyl (C=O) groups excluding carboxylic acids is 1. The third-order valence-corrected chi connectivity index (χ3v) is 3.10. The third-order valence-electron chi connectivity index (χ3n) is 3.10. The average Bonchev–Trinajstić information content (AvgIpc) is 2.60. The summed E-state index contributed by atoms with van der Waals surface area (Å²) in [5.74, 6) is 0.323. The number of likely N-dealkylation sites (tertiary alicyclic amines) is 1. The van der Waals surface area contributed by atoms with Crippen molar-refractivity contribution in [3.05, 3.63) is 0 Å². The molecule has 0 bridgehead atoms. The zero-order valence-electron chi connectivity index (χ0n) is 9.90. The summed E-state index contributed by atoms with van der Waals surface area (Å²) in [6.45, 7) is 6.18. The Hall–Kier alpha value is -0.610. The fraction of sp³-hybridized carbons (Fsp3) is 0.909. The Labute approximate surface area is 91.8 Å². The number of rotatable bonds is 4. The van der Waals surface area contributed by atoms with Crippen LogP contribution in [-0.4, -0.2) is 43.2 Å². The van der Waals surface area contributed by atoms with Gasteiger partial charge in [-0.3, -0.25) is 9.69 Å². The zero-order valence-corrected chi connectivity index (χ0v) is 9.90. The predicted octanol–water partition coefficient (Wildman–Crippen LogP) is 0.607. The summed E-state index contributed by atoms with van der Waals surface area (Å²) >= 11 is 0. The lowest BCUT2D eigenvalue weighted by molar-refractivity contribution is -0.142. The summed E-state index contributed by atoms with van der Waals surface area (Å²) in [7, 11) is 1.44. The molecular formula is C11H22N2O2. The van der Waals surface area contributed by atoms with Gasteiger partial charge < -0.3 is 10.5 Å². The number of nitrogens with zero attached hydrogens (tertiary/aromatic N) is 1. The van der Waals surface area contributed by atoms with E-state index >= 15 is 0 Å². The molecule has 0 aliphatic carbocycles. The lowest BCUT2D eigenvalue weighted by Gasteiger charge is -2.30. The van der Waals surface area contributed by atoms with Gasteiger partial charge in [0.15, 0.2) is 0 Å². The SMILES string of the molecule is COC(=O)CC(C(C)C)N1CCC(N)C1. The zero-order chi connectivity index (χ0) is 11.4. The number of esters is 1. The van der Waals surface area contributed by atoms with Crippen molar-refractivity contribution in [3.8, 4) is 0 Å². The van der Waals surface area contributed by atoms with Crippen LogP contribution in [0.3, 0.4) is 0 Å². The molecule has 0 aromatic carbocycles. The maximum Gasteiger partial charge on any atom is 0.307 e. The summed E-state index contributed by atoms with van der Waals surface area (Å²) in [6.07, 6.45) is 1.51. The van der Waals surface area contributed by atoms with Gasteiger partial charge in [0.2, 0.25) is 0 Å². The highest BCUT2D eigenvalue weighted by Crippen LogP contribution is 2.20. The molecule has 1 heterocycles. The second-order valence-corrected chi connectivity index (χ2v) is 4.64. The van der Waals surface area contributed by atoms with Crippen molar-refractivity contribution in [1.82, 2.24) is 4.90 Å². The monoisotopic (exact) mass is 214 g/mol. The second kappa shape index (κ2) is 5.47. The molecule has 1 fully saturated rings. The Bertz CT molecular complexity index is 219. The van der Waals surface area contributed by atoms with Crippen molar-refractivity contribution < 1.29 is 9.53 Å². The first kappa shape index (κ1) is 12.5. The molecule has 0 amide bonds. The fourth-order valence-electron chi connectivity index (χ4n) is 2.16. The molecular weight excluding hydrogens is 192 g/mol. The first-order valence-corrected chi connectivity index (χ1v) is 5.61. The van der Waals surface area contributed by atoms with Gasteiger partial charge in [-0.25, -0.2) is 0 Å². The molecule has 0 saturated carbocycles. The van der Waals surface area contributed by atoms with Gasteiger partial charge in [-0.1, -0.05) is 13.8 Å². The summed E-state index contributed by atoms with van der Waals surface area (Å²) in [6, 6.07) is 0.537. The fourth-order valence-corrected chi connectivity index (χ4v) is 2.16. The van der Waals surface area contributed by atoms with E-state index in [1.807, 2.05) is 0 Å². The van der Waals surface area contributed by atoms with Crippen LogP contribution < -0.4 is 5.73 Å². The smallest absolute Gasteiger partial charge is 0.307 e. The largest absolute Gasteiger partial charge is 0.469 e. The Morgan fingerprint density at radius 2 is 2.27 bits per heavy atom. The summed E-state index contributed by atoms with van der Waals surface area (Å²) < 4.78 is 4.72. The van der Waals surface area contributed by atoms with Gasteiger partial charge in [-0.15, -0.1) is 0 Å². The highest BCUT2D eigenvalue weighted by molar-refractivity contribution is 5.69. The van der Waals surface area contributed by atoms with E-state index in [4.69, 9.17) is 10.5 Å². The second-order valence-electron chi connectivity index (χ2n) is 4.64. The highest BCUT2D eigenvalue weighted by Gasteiger charge is 2.29. The van der Waals surface area contributed by atoms with E-state index in [1.54, 1.807) is 0 Å². The van der Waals surface area contributed by atoms with Gasteiger partial charge in [-0.05, 0) is 12.3 Å². The van der Waals surface area contributed by atoms with Gasteiger partial charge >= 0.3 is 5.97 Å². The topological polar surface area (TPSA) is 55.6 Å². The highest BCUT2D eigenvalue weighted by atomic mass is 16.5. The van der Waals surface area contributed by atoms with Crippen LogP contribution in [0.1, 0.15) is 26.7 Å². The number of ether oxygens (including phenoxy) is 1. The standard InChI is InChI=1S/C11H22N2O2/c1-8(2)10(6-11(14)15-3)13-5-4-9(12)7-13/h8-10H,4-7,12H2,1-3H3. The molecule has 2 unspecified atom stereocenters. The Morgan fingerprint density at radius 1 is 1.60 bits per heavy atom. The van der Waals surface area contributed by atoms with Gasteiger partial charge in [0.05, 0.1) is 13.5 Å². The molecule has 2 atom stereocenters. The van der Waals surface area contributed by atoms with Gasteiger partial charge in [0.1, 0.15) is 0 Å². The van der Waals surface area contributed by atoms with Gasteiger partial charge in [-0.2, -0.15) is 0 Å². The molecule has 2 N–H and O–H groups in total. The van der Waals surface area contributed by atoms with Crippen LogP contribution in [-0.2, 0) is 9.53 Å². The molecule has 4 nitrogen and oxygen atoms in total. The molecule has 0 aromatic rings. The lowest BCUT2D eigenvalue weighted by atomic mass is 9.99. The van der Waals surface area contributed by atoms with Crippen LogP contribution >= 0.6 is 0 Å². The quantitative estimate of drug-likeness (QED) is 0.697. The first-order valence-electron chi connectivity index (χ1n) is 5.61. The molecule has 0 radical (unpaired) electrons. The molecule has 88 valence electrons. The maximum absolute atomic E-state index is 11.3. The summed E-state index contributed by atoms with van der Waals surface area (Å²) in [4.78, 5) is 13.6.